The van der Waals surface area contributed by atoms with Crippen molar-refractivity contribution in [3.05, 3.63) is 70.5 Å². The highest BCUT2D eigenvalue weighted by atomic mass is 35.5. The van der Waals surface area contributed by atoms with Gasteiger partial charge in [0, 0.05) is 29.9 Å². The number of aromatic nitrogens is 2. The summed E-state index contributed by atoms with van der Waals surface area (Å²) in [6.07, 6.45) is 3.08. The van der Waals surface area contributed by atoms with E-state index in [1.54, 1.807) is 23.7 Å². The Morgan fingerprint density at radius 3 is 2.50 bits per heavy atom. The molecule has 0 saturated carbocycles. The fourth-order valence-corrected chi connectivity index (χ4v) is 3.93. The molecule has 134 valence electrons. The van der Waals surface area contributed by atoms with Gasteiger partial charge in [-0.25, -0.2) is 18.4 Å². The van der Waals surface area contributed by atoms with Crippen LogP contribution in [0.15, 0.2) is 59.1 Å². The largest absolute Gasteiger partial charge is 0.348 e. The van der Waals surface area contributed by atoms with Crippen molar-refractivity contribution in [3.63, 3.8) is 0 Å². The molecule has 1 aromatic carbocycles. The first kappa shape index (κ1) is 18.3. The molecule has 0 fully saturated rings. The van der Waals surface area contributed by atoms with Crippen LogP contribution < -0.4 is 10.0 Å². The maximum atomic E-state index is 12.3. The van der Waals surface area contributed by atoms with E-state index in [0.717, 1.165) is 5.56 Å². The number of amides is 1. The molecule has 0 unspecified atom stereocenters. The number of carbonyl (C=O) groups excluding carboxylic acids is 1. The zero-order valence-electron chi connectivity index (χ0n) is 13.2. The average Bonchev–Trinajstić information content (AvgIpc) is 3.13. The number of rotatable bonds is 6. The second-order valence-electron chi connectivity index (χ2n) is 5.14. The van der Waals surface area contributed by atoms with E-state index in [1.807, 2.05) is 0 Å². The highest BCUT2D eigenvalue weighted by Crippen LogP contribution is 2.18. The molecule has 0 spiro atoms. The minimum atomic E-state index is -3.74. The van der Waals surface area contributed by atoms with Crippen molar-refractivity contribution >= 4 is 44.0 Å². The van der Waals surface area contributed by atoms with E-state index in [0.29, 0.717) is 10.7 Å². The van der Waals surface area contributed by atoms with Gasteiger partial charge in [-0.3, -0.25) is 9.52 Å². The lowest BCUT2D eigenvalue weighted by Crippen LogP contribution is -2.23. The number of pyridine rings is 1. The van der Waals surface area contributed by atoms with Gasteiger partial charge >= 0.3 is 0 Å². The minimum absolute atomic E-state index is 0.0474. The van der Waals surface area contributed by atoms with Crippen LogP contribution in [0.2, 0.25) is 5.15 Å². The van der Waals surface area contributed by atoms with Crippen LogP contribution in [0.5, 0.6) is 0 Å². The Morgan fingerprint density at radius 2 is 1.88 bits per heavy atom. The molecule has 0 radical (unpaired) electrons. The van der Waals surface area contributed by atoms with E-state index in [1.165, 1.54) is 41.8 Å². The number of benzene rings is 1. The van der Waals surface area contributed by atoms with Gasteiger partial charge in [0.15, 0.2) is 5.13 Å². The molecular weight excluding hydrogens is 396 g/mol. The van der Waals surface area contributed by atoms with Gasteiger partial charge in [-0.05, 0) is 35.9 Å². The number of halogens is 1. The van der Waals surface area contributed by atoms with E-state index in [9.17, 15) is 13.2 Å². The minimum Gasteiger partial charge on any atom is -0.348 e. The first-order valence-electron chi connectivity index (χ1n) is 7.35. The molecule has 3 rings (SSSR count). The lowest BCUT2D eigenvalue weighted by molar-refractivity contribution is 0.0951. The Bertz CT molecular complexity index is 989. The Kier molecular flexibility index (Phi) is 5.50. The Morgan fingerprint density at radius 1 is 1.12 bits per heavy atom. The van der Waals surface area contributed by atoms with Gasteiger partial charge in [-0.2, -0.15) is 0 Å². The van der Waals surface area contributed by atoms with Crippen molar-refractivity contribution in [1.29, 1.82) is 0 Å². The highest BCUT2D eigenvalue weighted by molar-refractivity contribution is 7.93. The van der Waals surface area contributed by atoms with Crippen molar-refractivity contribution in [1.82, 2.24) is 15.3 Å². The summed E-state index contributed by atoms with van der Waals surface area (Å²) in [6, 6.07) is 9.04. The molecule has 10 heteroatoms. The Labute approximate surface area is 159 Å². The van der Waals surface area contributed by atoms with Crippen molar-refractivity contribution in [2.75, 3.05) is 4.72 Å². The number of hydrogen-bond acceptors (Lipinski definition) is 6. The fraction of sp³-hybridized carbons (Fsp3) is 0.0625. The molecule has 26 heavy (non-hydrogen) atoms. The molecule has 0 aliphatic carbocycles. The zero-order valence-corrected chi connectivity index (χ0v) is 15.6. The van der Waals surface area contributed by atoms with Gasteiger partial charge in [-0.15, -0.1) is 11.3 Å². The normalized spacial score (nSPS) is 11.1. The van der Waals surface area contributed by atoms with Gasteiger partial charge in [0.1, 0.15) is 5.15 Å². The Hall–Kier alpha value is -2.49. The van der Waals surface area contributed by atoms with E-state index >= 15 is 0 Å². The third kappa shape index (κ3) is 4.57. The first-order valence-corrected chi connectivity index (χ1v) is 10.1. The molecule has 2 aromatic heterocycles. The number of nitrogens with zero attached hydrogens (tertiary/aromatic N) is 2. The van der Waals surface area contributed by atoms with Crippen molar-refractivity contribution < 1.29 is 13.2 Å². The first-order chi connectivity index (χ1) is 12.4. The lowest BCUT2D eigenvalue weighted by Gasteiger charge is -2.08. The quantitative estimate of drug-likeness (QED) is 0.610. The van der Waals surface area contributed by atoms with Gasteiger partial charge in [0.2, 0.25) is 0 Å². The summed E-state index contributed by atoms with van der Waals surface area (Å²) in [6.45, 7) is 0.286. The van der Waals surface area contributed by atoms with Crippen molar-refractivity contribution in [2.24, 2.45) is 0 Å². The predicted molar refractivity (Wildman–Crippen MR) is 99.8 cm³/mol. The van der Waals surface area contributed by atoms with Crippen molar-refractivity contribution in [2.45, 2.75) is 11.4 Å². The third-order valence-corrected chi connectivity index (χ3v) is 5.72. The van der Waals surface area contributed by atoms with Crippen LogP contribution in [-0.4, -0.2) is 24.3 Å². The third-order valence-electron chi connectivity index (χ3n) is 3.32. The predicted octanol–water partition coefficient (Wildman–Crippen LogP) is 2.92. The molecule has 0 aliphatic heterocycles. The summed E-state index contributed by atoms with van der Waals surface area (Å²) < 4.78 is 26.9. The van der Waals surface area contributed by atoms with Gasteiger partial charge in [0.25, 0.3) is 15.9 Å². The molecule has 7 nitrogen and oxygen atoms in total. The zero-order chi connectivity index (χ0) is 18.6. The number of anilines is 1. The van der Waals surface area contributed by atoms with Crippen LogP contribution in [0, 0.1) is 0 Å². The molecule has 3 aromatic rings. The lowest BCUT2D eigenvalue weighted by atomic mass is 10.2. The van der Waals surface area contributed by atoms with E-state index < -0.39 is 10.0 Å². The van der Waals surface area contributed by atoms with Gasteiger partial charge in [-0.1, -0.05) is 17.7 Å². The van der Waals surface area contributed by atoms with E-state index in [2.05, 4.69) is 20.0 Å². The monoisotopic (exact) mass is 408 g/mol. The van der Waals surface area contributed by atoms with Gasteiger partial charge in [0.05, 0.1) is 4.90 Å². The summed E-state index contributed by atoms with van der Waals surface area (Å²) in [5.41, 5.74) is 1.15. The average molecular weight is 409 g/mol. The van der Waals surface area contributed by atoms with Crippen LogP contribution in [0.3, 0.4) is 0 Å². The standard InChI is InChI=1S/C16H13ClN4O3S2/c17-14-6-1-11(9-19-14)10-20-15(22)12-2-4-13(5-3-12)26(23,24)21-16-18-7-8-25-16/h1-9H,10H2,(H,18,21)(H,20,22). The number of thiazole rings is 1. The highest BCUT2D eigenvalue weighted by Gasteiger charge is 2.16. The second-order valence-corrected chi connectivity index (χ2v) is 8.10. The van der Waals surface area contributed by atoms with Crippen LogP contribution in [0.1, 0.15) is 15.9 Å². The molecule has 0 aliphatic rings. The van der Waals surface area contributed by atoms with Crippen LogP contribution >= 0.6 is 22.9 Å². The molecule has 2 N–H and O–H groups in total. The maximum absolute atomic E-state index is 12.3. The van der Waals surface area contributed by atoms with Crippen LogP contribution in [-0.2, 0) is 16.6 Å². The molecule has 1 amide bonds. The smallest absolute Gasteiger partial charge is 0.263 e. The summed E-state index contributed by atoms with van der Waals surface area (Å²) >= 11 is 6.89. The molecule has 2 heterocycles. The maximum Gasteiger partial charge on any atom is 0.263 e. The number of carbonyl (C=O) groups is 1. The molecular formula is C16H13ClN4O3S2. The summed E-state index contributed by atoms with van der Waals surface area (Å²) in [5.74, 6) is -0.322. The molecule has 0 saturated heterocycles. The SMILES string of the molecule is O=C(NCc1ccc(Cl)nc1)c1ccc(S(=O)(=O)Nc2nccs2)cc1. The van der Waals surface area contributed by atoms with Crippen LogP contribution in [0.4, 0.5) is 5.13 Å². The molecule has 0 bridgehead atoms. The fourth-order valence-electron chi connectivity index (χ4n) is 2.03. The summed E-state index contributed by atoms with van der Waals surface area (Å²) in [4.78, 5) is 20.0. The van der Waals surface area contributed by atoms with Crippen molar-refractivity contribution in [3.8, 4) is 0 Å². The van der Waals surface area contributed by atoms with E-state index in [4.69, 9.17) is 11.6 Å². The van der Waals surface area contributed by atoms with Crippen LogP contribution in [0.25, 0.3) is 0 Å². The summed E-state index contributed by atoms with van der Waals surface area (Å²) in [5, 5.41) is 5.06. The number of hydrogen-bond donors (Lipinski definition) is 2. The summed E-state index contributed by atoms with van der Waals surface area (Å²) in [7, 11) is -3.74. The molecule has 0 atom stereocenters. The van der Waals surface area contributed by atoms with Gasteiger partial charge < -0.3 is 5.32 Å². The Balaban J connectivity index is 1.64. The number of nitrogens with one attached hydrogen (secondary N) is 2. The van der Waals surface area contributed by atoms with E-state index in [-0.39, 0.29) is 22.5 Å². The second kappa shape index (κ2) is 7.81. The number of sulfonamides is 1. The topological polar surface area (TPSA) is 101 Å².